The Hall–Kier alpha value is -3.04. The van der Waals surface area contributed by atoms with Crippen LogP contribution in [0.5, 0.6) is 5.75 Å². The molecule has 1 atom stereocenters. The van der Waals surface area contributed by atoms with Gasteiger partial charge in [-0.3, -0.25) is 4.79 Å². The number of ether oxygens (including phenoxy) is 2. The number of amides is 1. The Morgan fingerprint density at radius 1 is 1.32 bits per heavy atom. The van der Waals surface area contributed by atoms with Crippen LogP contribution in [0.4, 0.5) is 0 Å². The average molecular weight is 381 g/mol. The van der Waals surface area contributed by atoms with E-state index < -0.39 is 5.91 Å². The van der Waals surface area contributed by atoms with Crippen molar-refractivity contribution in [2.45, 2.75) is 26.8 Å². The second-order valence-corrected chi connectivity index (χ2v) is 6.59. The number of para-hydroxylation sites is 1. The zero-order chi connectivity index (χ0) is 20.5. The van der Waals surface area contributed by atoms with E-state index in [1.807, 2.05) is 56.3 Å². The number of rotatable bonds is 9. The second kappa shape index (κ2) is 10.3. The van der Waals surface area contributed by atoms with E-state index in [4.69, 9.17) is 9.47 Å². The van der Waals surface area contributed by atoms with Gasteiger partial charge in [0.2, 0.25) is 0 Å². The maximum atomic E-state index is 12.3. The summed E-state index contributed by atoms with van der Waals surface area (Å²) in [5.74, 6) is 0.333. The van der Waals surface area contributed by atoms with Crippen LogP contribution >= 0.6 is 0 Å². The smallest absolute Gasteiger partial charge is 0.262 e. The molecular weight excluding hydrogens is 354 g/mol. The lowest BCUT2D eigenvalue weighted by Crippen LogP contribution is -2.29. The van der Waals surface area contributed by atoms with Crippen molar-refractivity contribution in [2.75, 3.05) is 26.9 Å². The van der Waals surface area contributed by atoms with Crippen LogP contribution in [0.2, 0.25) is 0 Å². The SMILES string of the molecule is COCC(C)n1c(C)cc(/C=C(\C#N)C(=O)NCCOc2ccccc2)c1C. The summed E-state index contributed by atoms with van der Waals surface area (Å²) >= 11 is 0. The topological polar surface area (TPSA) is 76.3 Å². The van der Waals surface area contributed by atoms with Gasteiger partial charge in [-0.05, 0) is 50.6 Å². The normalized spacial score (nSPS) is 12.3. The molecule has 0 saturated heterocycles. The molecule has 6 heteroatoms. The molecule has 0 aliphatic rings. The van der Waals surface area contributed by atoms with E-state index in [0.717, 1.165) is 22.7 Å². The third kappa shape index (κ3) is 5.48. The number of aryl methyl sites for hydroxylation is 1. The summed E-state index contributed by atoms with van der Waals surface area (Å²) < 4.78 is 12.9. The highest BCUT2D eigenvalue weighted by atomic mass is 16.5. The third-order valence-electron chi connectivity index (χ3n) is 4.44. The minimum Gasteiger partial charge on any atom is -0.492 e. The Kier molecular flexibility index (Phi) is 7.85. The summed E-state index contributed by atoms with van der Waals surface area (Å²) in [5, 5.41) is 12.1. The molecule has 1 unspecified atom stereocenters. The van der Waals surface area contributed by atoms with E-state index in [1.165, 1.54) is 0 Å². The predicted octanol–water partition coefficient (Wildman–Crippen LogP) is 3.41. The largest absolute Gasteiger partial charge is 0.492 e. The molecule has 0 radical (unpaired) electrons. The third-order valence-corrected chi connectivity index (χ3v) is 4.44. The summed E-state index contributed by atoms with van der Waals surface area (Å²) in [5.41, 5.74) is 2.98. The molecule has 0 spiro atoms. The summed E-state index contributed by atoms with van der Waals surface area (Å²) in [6.45, 7) is 7.29. The van der Waals surface area contributed by atoms with Gasteiger partial charge in [-0.15, -0.1) is 0 Å². The monoisotopic (exact) mass is 381 g/mol. The minimum absolute atomic E-state index is 0.0688. The van der Waals surface area contributed by atoms with Gasteiger partial charge in [-0.1, -0.05) is 18.2 Å². The fraction of sp³-hybridized carbons (Fsp3) is 0.364. The lowest BCUT2D eigenvalue weighted by Gasteiger charge is -2.17. The number of hydrogen-bond acceptors (Lipinski definition) is 4. The summed E-state index contributed by atoms with van der Waals surface area (Å²) in [6.07, 6.45) is 1.63. The van der Waals surface area contributed by atoms with E-state index in [0.29, 0.717) is 19.8 Å². The maximum absolute atomic E-state index is 12.3. The quantitative estimate of drug-likeness (QED) is 0.410. The zero-order valence-corrected chi connectivity index (χ0v) is 16.9. The van der Waals surface area contributed by atoms with Crippen LogP contribution in [-0.2, 0) is 9.53 Å². The van der Waals surface area contributed by atoms with Crippen molar-refractivity contribution in [1.29, 1.82) is 5.26 Å². The maximum Gasteiger partial charge on any atom is 0.262 e. The van der Waals surface area contributed by atoms with Gasteiger partial charge in [0, 0.05) is 18.5 Å². The lowest BCUT2D eigenvalue weighted by molar-refractivity contribution is -0.117. The molecule has 148 valence electrons. The fourth-order valence-corrected chi connectivity index (χ4v) is 3.19. The molecule has 1 aromatic heterocycles. The van der Waals surface area contributed by atoms with Crippen LogP contribution in [0.25, 0.3) is 6.08 Å². The second-order valence-electron chi connectivity index (χ2n) is 6.59. The van der Waals surface area contributed by atoms with Crippen molar-refractivity contribution in [3.8, 4) is 11.8 Å². The van der Waals surface area contributed by atoms with Gasteiger partial charge in [-0.2, -0.15) is 5.26 Å². The number of carbonyl (C=O) groups excluding carboxylic acids is 1. The first-order valence-electron chi connectivity index (χ1n) is 9.23. The van der Waals surface area contributed by atoms with E-state index in [9.17, 15) is 10.1 Å². The van der Waals surface area contributed by atoms with Gasteiger partial charge < -0.3 is 19.4 Å². The number of nitrogens with zero attached hydrogens (tertiary/aromatic N) is 2. The Morgan fingerprint density at radius 3 is 2.68 bits per heavy atom. The Morgan fingerprint density at radius 2 is 2.04 bits per heavy atom. The van der Waals surface area contributed by atoms with Gasteiger partial charge in [0.1, 0.15) is 24.0 Å². The molecule has 0 aliphatic carbocycles. The number of hydrogen-bond donors (Lipinski definition) is 1. The Labute approximate surface area is 166 Å². The van der Waals surface area contributed by atoms with Crippen molar-refractivity contribution in [3.63, 3.8) is 0 Å². The first kappa shape index (κ1) is 21.3. The van der Waals surface area contributed by atoms with Gasteiger partial charge >= 0.3 is 0 Å². The van der Waals surface area contributed by atoms with Crippen LogP contribution in [0, 0.1) is 25.2 Å². The highest BCUT2D eigenvalue weighted by Crippen LogP contribution is 2.22. The van der Waals surface area contributed by atoms with Crippen LogP contribution in [0.1, 0.15) is 29.9 Å². The van der Waals surface area contributed by atoms with Gasteiger partial charge in [0.15, 0.2) is 0 Å². The molecule has 2 aromatic rings. The van der Waals surface area contributed by atoms with Crippen LogP contribution < -0.4 is 10.1 Å². The van der Waals surface area contributed by atoms with Gasteiger partial charge in [0.05, 0.1) is 19.2 Å². The molecule has 6 nitrogen and oxygen atoms in total. The van der Waals surface area contributed by atoms with Crippen molar-refractivity contribution >= 4 is 12.0 Å². The highest BCUT2D eigenvalue weighted by molar-refractivity contribution is 6.01. The molecular formula is C22H27N3O3. The number of nitriles is 1. The first-order valence-corrected chi connectivity index (χ1v) is 9.23. The summed E-state index contributed by atoms with van der Waals surface area (Å²) in [6, 6.07) is 13.5. The molecule has 2 rings (SSSR count). The van der Waals surface area contributed by atoms with Crippen molar-refractivity contribution in [2.24, 2.45) is 0 Å². The minimum atomic E-state index is -0.408. The van der Waals surface area contributed by atoms with Crippen LogP contribution in [0.3, 0.4) is 0 Å². The Balaban J connectivity index is 2.02. The number of carbonyl (C=O) groups is 1. The highest BCUT2D eigenvalue weighted by Gasteiger charge is 2.15. The molecule has 1 amide bonds. The molecule has 28 heavy (non-hydrogen) atoms. The van der Waals surface area contributed by atoms with Gasteiger partial charge in [0.25, 0.3) is 5.91 Å². The van der Waals surface area contributed by atoms with Crippen molar-refractivity contribution in [1.82, 2.24) is 9.88 Å². The lowest BCUT2D eigenvalue weighted by atomic mass is 10.1. The molecule has 1 heterocycles. The van der Waals surface area contributed by atoms with Crippen LogP contribution in [0.15, 0.2) is 42.0 Å². The van der Waals surface area contributed by atoms with E-state index in [-0.39, 0.29) is 11.6 Å². The average Bonchev–Trinajstić information content (AvgIpc) is 2.97. The van der Waals surface area contributed by atoms with Crippen molar-refractivity contribution in [3.05, 3.63) is 58.9 Å². The predicted molar refractivity (Wildman–Crippen MR) is 109 cm³/mol. The summed E-state index contributed by atoms with van der Waals surface area (Å²) in [7, 11) is 1.67. The van der Waals surface area contributed by atoms with Gasteiger partial charge in [-0.25, -0.2) is 0 Å². The molecule has 0 aliphatic heterocycles. The standard InChI is InChI=1S/C22H27N3O3/c1-16-12-19(18(3)25(16)17(2)15-27-4)13-20(14-23)22(26)24-10-11-28-21-8-6-5-7-9-21/h5-9,12-13,17H,10-11,15H2,1-4H3,(H,24,26)/b20-13+. The molecule has 0 fully saturated rings. The molecule has 1 aromatic carbocycles. The summed E-state index contributed by atoms with van der Waals surface area (Å²) in [4.78, 5) is 12.3. The molecule has 0 bridgehead atoms. The Bertz CT molecular complexity index is 863. The molecule has 0 saturated carbocycles. The fourth-order valence-electron chi connectivity index (χ4n) is 3.19. The number of nitrogens with one attached hydrogen (secondary N) is 1. The van der Waals surface area contributed by atoms with E-state index in [2.05, 4.69) is 16.8 Å². The number of benzene rings is 1. The number of aromatic nitrogens is 1. The first-order chi connectivity index (χ1) is 13.5. The zero-order valence-electron chi connectivity index (χ0n) is 16.9. The van der Waals surface area contributed by atoms with Crippen LogP contribution in [-0.4, -0.2) is 37.3 Å². The molecule has 1 N–H and O–H groups in total. The van der Waals surface area contributed by atoms with E-state index in [1.54, 1.807) is 13.2 Å². The number of methoxy groups -OCH3 is 1. The van der Waals surface area contributed by atoms with Crippen molar-refractivity contribution < 1.29 is 14.3 Å². The van der Waals surface area contributed by atoms with E-state index >= 15 is 0 Å².